The Balaban J connectivity index is 4.02. The van der Waals surface area contributed by atoms with Crippen molar-refractivity contribution in [3.63, 3.8) is 0 Å². The molecule has 1 amide bonds. The van der Waals surface area contributed by atoms with E-state index in [0.29, 0.717) is 12.8 Å². The van der Waals surface area contributed by atoms with Crippen LogP contribution in [0.25, 0.3) is 0 Å². The molecule has 0 aliphatic heterocycles. The lowest BCUT2D eigenvalue weighted by molar-refractivity contribution is -0.122. The van der Waals surface area contributed by atoms with Crippen molar-refractivity contribution in [2.45, 2.75) is 174 Å². The van der Waals surface area contributed by atoms with E-state index < -0.39 is 28.0 Å². The van der Waals surface area contributed by atoms with Gasteiger partial charge in [-0.2, -0.15) is 8.42 Å². The maximum Gasteiger partial charge on any atom is 0.266 e. The summed E-state index contributed by atoms with van der Waals surface area (Å²) in [5.41, 5.74) is 0. The van der Waals surface area contributed by atoms with Crippen molar-refractivity contribution in [3.05, 3.63) is 60.8 Å². The molecule has 0 bridgehead atoms. The van der Waals surface area contributed by atoms with Gasteiger partial charge in [0, 0.05) is 6.42 Å². The van der Waals surface area contributed by atoms with Gasteiger partial charge in [-0.05, 0) is 57.8 Å². The summed E-state index contributed by atoms with van der Waals surface area (Å²) >= 11 is 0. The number of aliphatic hydroxyl groups is 1. The highest BCUT2D eigenvalue weighted by Gasteiger charge is 2.26. The van der Waals surface area contributed by atoms with Gasteiger partial charge >= 0.3 is 0 Å². The normalized spacial score (nSPS) is 14.1. The van der Waals surface area contributed by atoms with Crippen LogP contribution in [-0.4, -0.2) is 41.9 Å². The van der Waals surface area contributed by atoms with Gasteiger partial charge in [0.2, 0.25) is 5.91 Å². The lowest BCUT2D eigenvalue weighted by Gasteiger charge is -2.23. The highest BCUT2D eigenvalue weighted by atomic mass is 32.2. The molecule has 7 heteroatoms. The Morgan fingerprint density at radius 2 is 1.04 bits per heavy atom. The summed E-state index contributed by atoms with van der Waals surface area (Å²) in [5.74, 6) is -0.945. The maximum absolute atomic E-state index is 12.5. The van der Waals surface area contributed by atoms with E-state index in [1.807, 2.05) is 0 Å². The molecule has 0 fully saturated rings. The molecule has 0 heterocycles. The molecule has 0 rings (SSSR count). The third kappa shape index (κ3) is 33.4. The summed E-state index contributed by atoms with van der Waals surface area (Å²) in [6.07, 6.45) is 44.5. The van der Waals surface area contributed by atoms with E-state index in [9.17, 15) is 22.9 Å². The molecule has 0 saturated carbocycles. The number of unbranched alkanes of at least 4 members (excludes halogenated alkanes) is 14. The standard InChI is InChI=1S/C39H69NO5S/c1-3-5-7-9-11-13-15-17-18-19-20-21-22-23-25-27-29-31-33-35-39(42)40-37(36-46(43,44)45)38(41)34-32-30-28-26-24-16-14-12-10-8-6-4-2/h5,7,11,13,17-18,20-21,23,25,37-38,41H,3-4,6,8-10,12,14-16,19,22,24,26-36H2,1-2H3,(H,40,42)(H,43,44,45)/b7-5-,13-11-,18-17-,21-20-,25-23-. The quantitative estimate of drug-likeness (QED) is 0.0377. The number of amides is 1. The van der Waals surface area contributed by atoms with Crippen molar-refractivity contribution in [2.24, 2.45) is 0 Å². The summed E-state index contributed by atoms with van der Waals surface area (Å²) in [6, 6.07) is -0.989. The number of carbonyl (C=O) groups is 1. The van der Waals surface area contributed by atoms with Gasteiger partial charge in [-0.1, -0.05) is 158 Å². The summed E-state index contributed by atoms with van der Waals surface area (Å²) < 4.78 is 32.4. The third-order valence-electron chi connectivity index (χ3n) is 7.99. The number of hydrogen-bond donors (Lipinski definition) is 3. The SMILES string of the molecule is CC/C=C\C/C=C\C/C=C\C/C=C\C/C=C\CCCCCC(=O)NC(CS(=O)(=O)O)C(O)CCCCCCCCCCCCCC. The number of allylic oxidation sites excluding steroid dienone is 10. The smallest absolute Gasteiger partial charge is 0.266 e. The molecule has 0 saturated heterocycles. The van der Waals surface area contributed by atoms with Crippen LogP contribution in [0.2, 0.25) is 0 Å². The predicted molar refractivity (Wildman–Crippen MR) is 198 cm³/mol. The van der Waals surface area contributed by atoms with Crippen LogP contribution in [0.4, 0.5) is 0 Å². The van der Waals surface area contributed by atoms with Gasteiger partial charge in [0.1, 0.15) is 0 Å². The first-order chi connectivity index (χ1) is 22.3. The van der Waals surface area contributed by atoms with Crippen LogP contribution in [-0.2, 0) is 14.9 Å². The monoisotopic (exact) mass is 663 g/mol. The van der Waals surface area contributed by atoms with Crippen LogP contribution in [0.1, 0.15) is 162 Å². The molecule has 46 heavy (non-hydrogen) atoms. The van der Waals surface area contributed by atoms with E-state index in [1.54, 1.807) is 0 Å². The molecule has 0 spiro atoms. The van der Waals surface area contributed by atoms with Gasteiger partial charge in [0.05, 0.1) is 17.9 Å². The number of hydrogen-bond acceptors (Lipinski definition) is 4. The first-order valence-corrected chi connectivity index (χ1v) is 20.1. The second-order valence-electron chi connectivity index (χ2n) is 12.5. The van der Waals surface area contributed by atoms with Crippen molar-refractivity contribution < 1.29 is 22.9 Å². The second-order valence-corrected chi connectivity index (χ2v) is 14.0. The Hall–Kier alpha value is -1.96. The molecule has 0 aliphatic rings. The summed E-state index contributed by atoms with van der Waals surface area (Å²) in [5, 5.41) is 13.3. The average Bonchev–Trinajstić information content (AvgIpc) is 3.01. The Morgan fingerprint density at radius 3 is 1.52 bits per heavy atom. The first-order valence-electron chi connectivity index (χ1n) is 18.5. The fourth-order valence-electron chi connectivity index (χ4n) is 5.24. The Labute approximate surface area is 283 Å². The van der Waals surface area contributed by atoms with Gasteiger partial charge < -0.3 is 10.4 Å². The molecular formula is C39H69NO5S. The molecule has 2 unspecified atom stereocenters. The van der Waals surface area contributed by atoms with Crippen molar-refractivity contribution in [1.82, 2.24) is 5.32 Å². The van der Waals surface area contributed by atoms with Crippen LogP contribution >= 0.6 is 0 Å². The second kappa shape index (κ2) is 33.0. The zero-order valence-corrected chi connectivity index (χ0v) is 30.2. The predicted octanol–water partition coefficient (Wildman–Crippen LogP) is 10.5. The molecular weight excluding hydrogens is 594 g/mol. The summed E-state index contributed by atoms with van der Waals surface area (Å²) in [4.78, 5) is 12.5. The fourth-order valence-corrected chi connectivity index (χ4v) is 6.00. The lowest BCUT2D eigenvalue weighted by Crippen LogP contribution is -2.47. The van der Waals surface area contributed by atoms with Crippen LogP contribution in [0.3, 0.4) is 0 Å². The van der Waals surface area contributed by atoms with Crippen molar-refractivity contribution in [3.8, 4) is 0 Å². The van der Waals surface area contributed by atoms with E-state index in [1.165, 1.54) is 57.8 Å². The van der Waals surface area contributed by atoms with Crippen molar-refractivity contribution in [2.75, 3.05) is 5.75 Å². The minimum atomic E-state index is -4.32. The van der Waals surface area contributed by atoms with Crippen LogP contribution < -0.4 is 5.32 Å². The van der Waals surface area contributed by atoms with E-state index in [2.05, 4.69) is 79.9 Å². The Kier molecular flexibility index (Phi) is 31.6. The van der Waals surface area contributed by atoms with E-state index >= 15 is 0 Å². The molecule has 2 atom stereocenters. The van der Waals surface area contributed by atoms with E-state index in [-0.39, 0.29) is 12.3 Å². The van der Waals surface area contributed by atoms with Crippen LogP contribution in [0.5, 0.6) is 0 Å². The van der Waals surface area contributed by atoms with Crippen molar-refractivity contribution in [1.29, 1.82) is 0 Å². The molecule has 3 N–H and O–H groups in total. The minimum absolute atomic E-state index is 0.277. The van der Waals surface area contributed by atoms with Gasteiger partial charge in [-0.3, -0.25) is 9.35 Å². The molecule has 0 aromatic heterocycles. The lowest BCUT2D eigenvalue weighted by atomic mass is 10.0. The van der Waals surface area contributed by atoms with Gasteiger partial charge in [0.15, 0.2) is 0 Å². The number of aliphatic hydroxyl groups excluding tert-OH is 1. The van der Waals surface area contributed by atoms with Crippen molar-refractivity contribution >= 4 is 16.0 Å². The van der Waals surface area contributed by atoms with E-state index in [4.69, 9.17) is 0 Å². The van der Waals surface area contributed by atoms with Gasteiger partial charge in [-0.15, -0.1) is 0 Å². The van der Waals surface area contributed by atoms with Crippen LogP contribution in [0.15, 0.2) is 60.8 Å². The van der Waals surface area contributed by atoms with Gasteiger partial charge in [0.25, 0.3) is 10.1 Å². The average molecular weight is 664 g/mol. The highest BCUT2D eigenvalue weighted by Crippen LogP contribution is 2.15. The number of rotatable bonds is 32. The van der Waals surface area contributed by atoms with Gasteiger partial charge in [-0.25, -0.2) is 0 Å². The number of nitrogens with one attached hydrogen (secondary N) is 1. The first kappa shape index (κ1) is 44.0. The zero-order valence-electron chi connectivity index (χ0n) is 29.4. The topological polar surface area (TPSA) is 104 Å². The van der Waals surface area contributed by atoms with Crippen LogP contribution in [0, 0.1) is 0 Å². The summed E-state index contributed by atoms with van der Waals surface area (Å²) in [6.45, 7) is 4.38. The van der Waals surface area contributed by atoms with E-state index in [0.717, 1.165) is 70.6 Å². The fraction of sp³-hybridized carbons (Fsp3) is 0.718. The molecule has 6 nitrogen and oxygen atoms in total. The third-order valence-corrected chi connectivity index (χ3v) is 8.77. The molecule has 0 radical (unpaired) electrons. The number of carbonyl (C=O) groups excluding carboxylic acids is 1. The minimum Gasteiger partial charge on any atom is -0.391 e. The Morgan fingerprint density at radius 1 is 0.609 bits per heavy atom. The largest absolute Gasteiger partial charge is 0.391 e. The highest BCUT2D eigenvalue weighted by molar-refractivity contribution is 7.85. The molecule has 0 aromatic rings. The molecule has 0 aromatic carbocycles. The molecule has 0 aliphatic carbocycles. The zero-order chi connectivity index (χ0) is 34.0. The Bertz CT molecular complexity index is 951. The summed E-state index contributed by atoms with van der Waals surface area (Å²) in [7, 11) is -4.32. The molecule has 266 valence electrons. The maximum atomic E-state index is 12.5.